The fourth-order valence-corrected chi connectivity index (χ4v) is 2.81. The summed E-state index contributed by atoms with van der Waals surface area (Å²) in [5.41, 5.74) is 13.1. The summed E-state index contributed by atoms with van der Waals surface area (Å²) in [6.45, 7) is 0. The Labute approximate surface area is 143 Å². The predicted octanol–water partition coefficient (Wildman–Crippen LogP) is 1.11. The van der Waals surface area contributed by atoms with Gasteiger partial charge in [-0.2, -0.15) is 0 Å². The minimum Gasteiger partial charge on any atom is -0.369 e. The highest BCUT2D eigenvalue weighted by atomic mass is 16.1. The van der Waals surface area contributed by atoms with Crippen LogP contribution >= 0.6 is 0 Å². The van der Waals surface area contributed by atoms with E-state index in [2.05, 4.69) is 9.97 Å². The number of nitrogens with one attached hydrogen (secondary N) is 1. The van der Waals surface area contributed by atoms with Crippen molar-refractivity contribution >= 4 is 28.5 Å². The average molecular weight is 336 g/mol. The van der Waals surface area contributed by atoms with Crippen LogP contribution in [0.1, 0.15) is 32.0 Å². The molecule has 7 heteroatoms. The topological polar surface area (TPSA) is 132 Å². The maximum atomic E-state index is 12.5. The van der Waals surface area contributed by atoms with E-state index in [-0.39, 0.29) is 24.2 Å². The molecule has 0 aliphatic heterocycles. The smallest absolute Gasteiger partial charge is 0.251 e. The van der Waals surface area contributed by atoms with Gasteiger partial charge in [0.05, 0.1) is 12.0 Å². The Balaban J connectivity index is 1.98. The van der Waals surface area contributed by atoms with Gasteiger partial charge in [0.25, 0.3) is 5.91 Å². The lowest BCUT2D eigenvalue weighted by molar-refractivity contribution is -0.117. The van der Waals surface area contributed by atoms with Gasteiger partial charge in [0.2, 0.25) is 5.91 Å². The van der Waals surface area contributed by atoms with Crippen LogP contribution in [-0.2, 0) is 17.6 Å². The summed E-state index contributed by atoms with van der Waals surface area (Å²) in [6, 6.07) is 8.52. The highest BCUT2D eigenvalue weighted by Gasteiger charge is 2.18. The van der Waals surface area contributed by atoms with Gasteiger partial charge < -0.3 is 16.5 Å². The van der Waals surface area contributed by atoms with Crippen LogP contribution in [0.15, 0.2) is 42.7 Å². The Hall–Kier alpha value is -3.48. The number of nitrogens with two attached hydrogens (primary N) is 2. The summed E-state index contributed by atoms with van der Waals surface area (Å²) in [5.74, 6) is -1.32. The number of hydrogen-bond donors (Lipinski definition) is 3. The lowest BCUT2D eigenvalue weighted by Crippen LogP contribution is -2.18. The van der Waals surface area contributed by atoms with Crippen molar-refractivity contribution in [2.75, 3.05) is 0 Å². The van der Waals surface area contributed by atoms with Gasteiger partial charge in [-0.25, -0.2) is 0 Å². The Kier molecular flexibility index (Phi) is 4.30. The van der Waals surface area contributed by atoms with Crippen molar-refractivity contribution in [1.82, 2.24) is 9.97 Å². The zero-order chi connectivity index (χ0) is 18.0. The number of fused-ring (bicyclic) bond motifs is 1. The summed E-state index contributed by atoms with van der Waals surface area (Å²) >= 11 is 0. The number of aromatic nitrogens is 2. The molecule has 0 bridgehead atoms. The predicted molar refractivity (Wildman–Crippen MR) is 92.0 cm³/mol. The van der Waals surface area contributed by atoms with E-state index in [1.165, 1.54) is 0 Å². The molecule has 3 aromatic rings. The Morgan fingerprint density at radius 1 is 1.08 bits per heavy atom. The summed E-state index contributed by atoms with van der Waals surface area (Å²) in [4.78, 5) is 42.3. The highest BCUT2D eigenvalue weighted by molar-refractivity contribution is 6.10. The lowest BCUT2D eigenvalue weighted by Gasteiger charge is -2.02. The molecule has 7 nitrogen and oxygen atoms in total. The fraction of sp³-hybridized carbons (Fsp3) is 0.111. The van der Waals surface area contributed by atoms with Crippen molar-refractivity contribution in [1.29, 1.82) is 0 Å². The minimum absolute atomic E-state index is 0.0819. The number of amides is 2. The molecule has 2 aromatic heterocycles. The molecule has 0 aliphatic carbocycles. The van der Waals surface area contributed by atoms with Gasteiger partial charge in [-0.1, -0.05) is 18.2 Å². The maximum Gasteiger partial charge on any atom is 0.251 e. The summed E-state index contributed by atoms with van der Waals surface area (Å²) in [7, 11) is 0. The molecule has 3 rings (SSSR count). The standard InChI is InChI=1S/C18H16N4O3/c19-16(24)8-14-17(18(20)25)12-4-3-11(7-13(12)22-14)15(23)6-10-2-1-5-21-9-10/h1-5,7,9,22H,6,8H2,(H2,19,24)(H2,20,25). The number of benzene rings is 1. The largest absolute Gasteiger partial charge is 0.369 e. The number of Topliss-reactive ketones (excluding diaryl/α,β-unsaturated/α-hetero) is 1. The molecule has 0 aliphatic rings. The van der Waals surface area contributed by atoms with E-state index in [1.807, 2.05) is 6.07 Å². The SMILES string of the molecule is NC(=O)Cc1[nH]c2cc(C(=O)Cc3cccnc3)ccc2c1C(N)=O. The number of pyridine rings is 1. The first-order chi connectivity index (χ1) is 12.0. The normalized spacial score (nSPS) is 10.7. The van der Waals surface area contributed by atoms with Crippen LogP contribution in [0.2, 0.25) is 0 Å². The first kappa shape index (κ1) is 16.4. The number of ketones is 1. The van der Waals surface area contributed by atoms with Gasteiger partial charge in [-0.15, -0.1) is 0 Å². The van der Waals surface area contributed by atoms with E-state index < -0.39 is 11.8 Å². The minimum atomic E-state index is -0.656. The van der Waals surface area contributed by atoms with Crippen molar-refractivity contribution in [2.24, 2.45) is 11.5 Å². The number of nitrogens with zero attached hydrogens (tertiary/aromatic N) is 1. The van der Waals surface area contributed by atoms with Crippen molar-refractivity contribution in [2.45, 2.75) is 12.8 Å². The van der Waals surface area contributed by atoms with Crippen LogP contribution in [0, 0.1) is 0 Å². The van der Waals surface area contributed by atoms with Crippen LogP contribution in [-0.4, -0.2) is 27.6 Å². The van der Waals surface area contributed by atoms with E-state index >= 15 is 0 Å². The summed E-state index contributed by atoms with van der Waals surface area (Å²) < 4.78 is 0. The molecule has 2 heterocycles. The highest BCUT2D eigenvalue weighted by Crippen LogP contribution is 2.24. The van der Waals surface area contributed by atoms with Gasteiger partial charge in [-0.3, -0.25) is 19.4 Å². The number of hydrogen-bond acceptors (Lipinski definition) is 4. The van der Waals surface area contributed by atoms with Crippen LogP contribution < -0.4 is 11.5 Å². The van der Waals surface area contributed by atoms with E-state index in [4.69, 9.17) is 11.5 Å². The molecule has 0 atom stereocenters. The number of aromatic amines is 1. The zero-order valence-electron chi connectivity index (χ0n) is 13.3. The molecule has 0 saturated heterocycles. The van der Waals surface area contributed by atoms with Gasteiger partial charge >= 0.3 is 0 Å². The average Bonchev–Trinajstić information content (AvgIpc) is 2.91. The Morgan fingerprint density at radius 3 is 2.52 bits per heavy atom. The van der Waals surface area contributed by atoms with Crippen molar-refractivity contribution in [3.05, 3.63) is 65.1 Å². The van der Waals surface area contributed by atoms with Crippen molar-refractivity contribution in [3.63, 3.8) is 0 Å². The number of primary amides is 2. The second-order valence-corrected chi connectivity index (χ2v) is 5.71. The van der Waals surface area contributed by atoms with Crippen molar-refractivity contribution in [3.8, 4) is 0 Å². The fourth-order valence-electron chi connectivity index (χ4n) is 2.81. The Bertz CT molecular complexity index is 977. The lowest BCUT2D eigenvalue weighted by atomic mass is 10.0. The third-order valence-electron chi connectivity index (χ3n) is 3.88. The van der Waals surface area contributed by atoms with Crippen LogP contribution in [0.3, 0.4) is 0 Å². The molecule has 1 aromatic carbocycles. The first-order valence-corrected chi connectivity index (χ1v) is 7.60. The van der Waals surface area contributed by atoms with Crippen LogP contribution in [0.4, 0.5) is 0 Å². The second kappa shape index (κ2) is 6.56. The van der Waals surface area contributed by atoms with Gasteiger partial charge in [0.15, 0.2) is 5.78 Å². The molecule has 5 N–H and O–H groups in total. The number of rotatable bonds is 6. The van der Waals surface area contributed by atoms with Crippen LogP contribution in [0.5, 0.6) is 0 Å². The number of H-pyrrole nitrogens is 1. The molecule has 2 amide bonds. The van der Waals surface area contributed by atoms with E-state index in [9.17, 15) is 14.4 Å². The monoisotopic (exact) mass is 336 g/mol. The summed E-state index contributed by atoms with van der Waals surface area (Å²) in [6.07, 6.45) is 3.37. The number of carbonyl (C=O) groups excluding carboxylic acids is 3. The molecular weight excluding hydrogens is 320 g/mol. The number of carbonyl (C=O) groups is 3. The molecule has 0 fully saturated rings. The van der Waals surface area contributed by atoms with Gasteiger partial charge in [-0.05, 0) is 17.7 Å². The van der Waals surface area contributed by atoms with E-state index in [0.29, 0.717) is 22.2 Å². The third kappa shape index (κ3) is 3.40. The second-order valence-electron chi connectivity index (χ2n) is 5.71. The van der Waals surface area contributed by atoms with E-state index in [0.717, 1.165) is 5.56 Å². The molecule has 0 unspecified atom stereocenters. The quantitative estimate of drug-likeness (QED) is 0.582. The van der Waals surface area contributed by atoms with Gasteiger partial charge in [0.1, 0.15) is 0 Å². The molecule has 126 valence electrons. The maximum absolute atomic E-state index is 12.5. The molecule has 0 saturated carbocycles. The summed E-state index contributed by atoms with van der Waals surface area (Å²) in [5, 5.41) is 0.557. The molecular formula is C18H16N4O3. The molecule has 0 spiro atoms. The Morgan fingerprint density at radius 2 is 1.88 bits per heavy atom. The third-order valence-corrected chi connectivity index (χ3v) is 3.88. The van der Waals surface area contributed by atoms with Gasteiger partial charge in [0, 0.05) is 41.0 Å². The van der Waals surface area contributed by atoms with Crippen molar-refractivity contribution < 1.29 is 14.4 Å². The van der Waals surface area contributed by atoms with E-state index in [1.54, 1.807) is 36.7 Å². The molecule has 0 radical (unpaired) electrons. The first-order valence-electron chi connectivity index (χ1n) is 7.60. The van der Waals surface area contributed by atoms with Crippen LogP contribution in [0.25, 0.3) is 10.9 Å². The zero-order valence-corrected chi connectivity index (χ0v) is 13.3. The molecule has 25 heavy (non-hydrogen) atoms.